The second-order valence-corrected chi connectivity index (χ2v) is 8.43. The van der Waals surface area contributed by atoms with Crippen LogP contribution >= 0.6 is 0 Å². The van der Waals surface area contributed by atoms with Gasteiger partial charge in [-0.05, 0) is 26.2 Å². The highest BCUT2D eigenvalue weighted by Crippen LogP contribution is 2.22. The fourth-order valence-electron chi connectivity index (χ4n) is 1.01. The molecular formula is C11H26N2O2S. The van der Waals surface area contributed by atoms with Crippen molar-refractivity contribution >= 4 is 10.0 Å². The minimum atomic E-state index is -3.29. The first kappa shape index (κ1) is 15.9. The minimum absolute atomic E-state index is 0.00965. The van der Waals surface area contributed by atoms with Crippen LogP contribution in [0.2, 0.25) is 0 Å². The summed E-state index contributed by atoms with van der Waals surface area (Å²) >= 11 is 0. The molecule has 0 radical (unpaired) electrons. The van der Waals surface area contributed by atoms with Crippen LogP contribution in [0, 0.1) is 5.41 Å². The molecule has 0 rings (SSSR count). The topological polar surface area (TPSA) is 63.4 Å². The Bertz CT molecular complexity index is 323. The Morgan fingerprint density at radius 2 is 1.50 bits per heavy atom. The van der Waals surface area contributed by atoms with Crippen LogP contribution in [0.25, 0.3) is 0 Å². The maximum absolute atomic E-state index is 12.1. The quantitative estimate of drug-likeness (QED) is 0.824. The molecule has 0 saturated carbocycles. The summed E-state index contributed by atoms with van der Waals surface area (Å²) < 4.78 is 25.6. The molecule has 5 heteroatoms. The van der Waals surface area contributed by atoms with E-state index in [4.69, 9.17) is 5.73 Å². The number of hydrogen-bond acceptors (Lipinski definition) is 3. The zero-order chi connectivity index (χ0) is 13.4. The smallest absolute Gasteiger partial charge is 0.215 e. The lowest BCUT2D eigenvalue weighted by atomic mass is 9.89. The van der Waals surface area contributed by atoms with Gasteiger partial charge in [0.2, 0.25) is 10.0 Å². The highest BCUT2D eigenvalue weighted by atomic mass is 32.2. The highest BCUT2D eigenvalue weighted by molar-refractivity contribution is 7.89. The van der Waals surface area contributed by atoms with E-state index >= 15 is 0 Å². The third-order valence-corrected chi connectivity index (χ3v) is 5.03. The van der Waals surface area contributed by atoms with Gasteiger partial charge in [0.25, 0.3) is 0 Å². The van der Waals surface area contributed by atoms with Crippen LogP contribution < -0.4 is 5.73 Å². The Morgan fingerprint density at radius 1 is 1.12 bits per heavy atom. The van der Waals surface area contributed by atoms with Crippen molar-refractivity contribution in [3.8, 4) is 0 Å². The highest BCUT2D eigenvalue weighted by Gasteiger charge is 2.33. The van der Waals surface area contributed by atoms with Crippen LogP contribution in [-0.4, -0.2) is 37.1 Å². The van der Waals surface area contributed by atoms with Crippen molar-refractivity contribution in [1.29, 1.82) is 0 Å². The molecule has 0 fully saturated rings. The lowest BCUT2D eigenvalue weighted by molar-refractivity contribution is 0.283. The molecule has 16 heavy (non-hydrogen) atoms. The van der Waals surface area contributed by atoms with Gasteiger partial charge in [-0.1, -0.05) is 20.8 Å². The van der Waals surface area contributed by atoms with Crippen LogP contribution in [0.5, 0.6) is 0 Å². The fourth-order valence-corrected chi connectivity index (χ4v) is 3.02. The van der Waals surface area contributed by atoms with Gasteiger partial charge >= 0.3 is 0 Å². The summed E-state index contributed by atoms with van der Waals surface area (Å²) in [7, 11) is -1.69. The number of nitrogens with two attached hydrogens (primary N) is 1. The van der Waals surface area contributed by atoms with Crippen LogP contribution in [0.4, 0.5) is 0 Å². The Morgan fingerprint density at radius 3 is 1.75 bits per heavy atom. The first-order chi connectivity index (χ1) is 6.78. The van der Waals surface area contributed by atoms with E-state index in [2.05, 4.69) is 0 Å². The first-order valence-corrected chi connectivity index (χ1v) is 7.11. The molecule has 0 saturated heterocycles. The van der Waals surface area contributed by atoms with Crippen molar-refractivity contribution in [2.75, 3.05) is 12.8 Å². The van der Waals surface area contributed by atoms with E-state index in [1.165, 1.54) is 4.31 Å². The van der Waals surface area contributed by atoms with Crippen LogP contribution in [0.1, 0.15) is 41.5 Å². The standard InChI is InChI=1S/C11H26N2O2S/c1-10(2,3)9(12)8-16(14,15)13(7)11(4,5)6/h9H,8,12H2,1-7H3/t9-/m1/s1. The van der Waals surface area contributed by atoms with Gasteiger partial charge in [-0.3, -0.25) is 0 Å². The molecule has 0 aliphatic carbocycles. The van der Waals surface area contributed by atoms with E-state index < -0.39 is 15.6 Å². The van der Waals surface area contributed by atoms with E-state index in [0.717, 1.165) is 0 Å². The Labute approximate surface area is 100 Å². The monoisotopic (exact) mass is 250 g/mol. The molecule has 0 bridgehead atoms. The molecule has 0 aliphatic heterocycles. The summed E-state index contributed by atoms with van der Waals surface area (Å²) in [4.78, 5) is 0. The molecule has 4 nitrogen and oxygen atoms in total. The average molecular weight is 250 g/mol. The van der Waals surface area contributed by atoms with E-state index in [1.54, 1.807) is 7.05 Å². The summed E-state index contributed by atoms with van der Waals surface area (Å²) in [5, 5.41) is 0. The molecule has 0 spiro atoms. The van der Waals surface area contributed by atoms with Gasteiger partial charge in [-0.25, -0.2) is 8.42 Å². The van der Waals surface area contributed by atoms with Crippen molar-refractivity contribution in [2.45, 2.75) is 53.1 Å². The van der Waals surface area contributed by atoms with Gasteiger partial charge in [0.05, 0.1) is 5.75 Å². The number of hydrogen-bond donors (Lipinski definition) is 1. The minimum Gasteiger partial charge on any atom is -0.326 e. The van der Waals surface area contributed by atoms with Crippen LogP contribution in [0.3, 0.4) is 0 Å². The maximum atomic E-state index is 12.1. The molecular weight excluding hydrogens is 224 g/mol. The molecule has 0 amide bonds. The normalized spacial score (nSPS) is 16.6. The van der Waals surface area contributed by atoms with Gasteiger partial charge in [0.15, 0.2) is 0 Å². The zero-order valence-electron chi connectivity index (χ0n) is 11.5. The molecule has 0 heterocycles. The van der Waals surface area contributed by atoms with Gasteiger partial charge in [-0.2, -0.15) is 4.31 Å². The lowest BCUT2D eigenvalue weighted by Crippen LogP contribution is -2.49. The van der Waals surface area contributed by atoms with Gasteiger partial charge in [0.1, 0.15) is 0 Å². The number of sulfonamides is 1. The zero-order valence-corrected chi connectivity index (χ0v) is 12.4. The van der Waals surface area contributed by atoms with Crippen molar-refractivity contribution in [3.05, 3.63) is 0 Å². The summed E-state index contributed by atoms with van der Waals surface area (Å²) in [5.74, 6) is -0.00965. The molecule has 1 atom stereocenters. The van der Waals surface area contributed by atoms with E-state index in [-0.39, 0.29) is 17.2 Å². The molecule has 2 N–H and O–H groups in total. The SMILES string of the molecule is CN(C(C)(C)C)S(=O)(=O)C[C@@H](N)C(C)(C)C. The second-order valence-electron chi connectivity index (χ2n) is 6.39. The third-order valence-electron chi connectivity index (χ3n) is 2.86. The van der Waals surface area contributed by atoms with Crippen molar-refractivity contribution in [2.24, 2.45) is 11.1 Å². The first-order valence-electron chi connectivity index (χ1n) is 5.51. The van der Waals surface area contributed by atoms with E-state index in [9.17, 15) is 8.42 Å². The maximum Gasteiger partial charge on any atom is 0.215 e. The van der Waals surface area contributed by atoms with Gasteiger partial charge in [-0.15, -0.1) is 0 Å². The number of rotatable bonds is 3. The Hall–Kier alpha value is -0.130. The number of nitrogens with zero attached hydrogens (tertiary/aromatic N) is 1. The summed E-state index contributed by atoms with van der Waals surface area (Å²) in [6, 6.07) is -0.359. The predicted molar refractivity (Wildman–Crippen MR) is 68.7 cm³/mol. The van der Waals surface area contributed by atoms with E-state index in [0.29, 0.717) is 0 Å². The predicted octanol–water partition coefficient (Wildman–Crippen LogP) is 1.42. The van der Waals surface area contributed by atoms with Gasteiger partial charge in [0, 0.05) is 18.6 Å². The van der Waals surface area contributed by atoms with Crippen molar-refractivity contribution in [3.63, 3.8) is 0 Å². The second kappa shape index (κ2) is 4.63. The van der Waals surface area contributed by atoms with Gasteiger partial charge < -0.3 is 5.73 Å². The molecule has 0 unspecified atom stereocenters. The van der Waals surface area contributed by atoms with Crippen molar-refractivity contribution in [1.82, 2.24) is 4.31 Å². The van der Waals surface area contributed by atoms with Crippen LogP contribution in [0.15, 0.2) is 0 Å². The summed E-state index contributed by atoms with van der Waals surface area (Å²) in [6.07, 6.45) is 0. The molecule has 0 aromatic heterocycles. The Balaban J connectivity index is 4.86. The summed E-state index contributed by atoms with van der Waals surface area (Å²) in [5.41, 5.74) is 5.30. The largest absolute Gasteiger partial charge is 0.326 e. The third kappa shape index (κ3) is 4.39. The summed E-state index contributed by atoms with van der Waals surface area (Å²) in [6.45, 7) is 11.5. The Kier molecular flexibility index (Phi) is 4.59. The van der Waals surface area contributed by atoms with E-state index in [1.807, 2.05) is 41.5 Å². The van der Waals surface area contributed by atoms with Crippen molar-refractivity contribution < 1.29 is 8.42 Å². The van der Waals surface area contributed by atoms with Crippen LogP contribution in [-0.2, 0) is 10.0 Å². The fraction of sp³-hybridized carbons (Fsp3) is 1.00. The molecule has 0 aromatic rings. The molecule has 0 aromatic carbocycles. The lowest BCUT2D eigenvalue weighted by Gasteiger charge is -2.34. The molecule has 98 valence electrons. The average Bonchev–Trinajstić information content (AvgIpc) is 1.98. The molecule has 0 aliphatic rings.